The Labute approximate surface area is 222 Å². The van der Waals surface area contributed by atoms with Gasteiger partial charge < -0.3 is 14.6 Å². The topological polar surface area (TPSA) is 77.4 Å². The first kappa shape index (κ1) is 25.8. The highest BCUT2D eigenvalue weighted by molar-refractivity contribution is 6.36. The number of amides is 1. The van der Waals surface area contributed by atoms with Gasteiger partial charge in [-0.05, 0) is 53.8 Å². The van der Waals surface area contributed by atoms with Crippen LogP contribution in [-0.2, 0) is 16.6 Å². The molecule has 4 rings (SSSR count). The summed E-state index contributed by atoms with van der Waals surface area (Å²) in [7, 11) is 1.50. The quantitative estimate of drug-likeness (QED) is 0.273. The monoisotopic (exact) mass is 542 g/mol. The zero-order chi connectivity index (χ0) is 26.0. The molecule has 1 heterocycles. The van der Waals surface area contributed by atoms with Crippen LogP contribution in [0.3, 0.4) is 0 Å². The summed E-state index contributed by atoms with van der Waals surface area (Å²) in [6, 6.07) is 18.6. The van der Waals surface area contributed by atoms with E-state index in [-0.39, 0.29) is 22.7 Å². The molecule has 0 aliphatic rings. The zero-order valence-electron chi connectivity index (χ0n) is 19.3. The van der Waals surface area contributed by atoms with Crippen molar-refractivity contribution in [2.75, 3.05) is 5.32 Å². The minimum Gasteiger partial charge on any atom is -0.448 e. The van der Waals surface area contributed by atoms with E-state index in [0.717, 1.165) is 0 Å². The number of anilines is 1. The van der Waals surface area contributed by atoms with Crippen LogP contribution in [0.4, 0.5) is 5.69 Å². The third-order valence-electron chi connectivity index (χ3n) is 5.73. The number of benzene rings is 3. The van der Waals surface area contributed by atoms with Gasteiger partial charge in [0.15, 0.2) is 6.10 Å². The van der Waals surface area contributed by atoms with Crippen LogP contribution in [-0.4, -0.2) is 22.5 Å². The molecule has 3 aromatic carbocycles. The number of rotatable bonds is 6. The Hall–Kier alpha value is -3.32. The number of pyridine rings is 1. The van der Waals surface area contributed by atoms with E-state index in [1.54, 1.807) is 67.6 Å². The van der Waals surface area contributed by atoms with E-state index in [1.807, 2.05) is 0 Å². The van der Waals surface area contributed by atoms with Crippen LogP contribution in [0.15, 0.2) is 71.5 Å². The van der Waals surface area contributed by atoms with E-state index in [4.69, 9.17) is 39.5 Å². The summed E-state index contributed by atoms with van der Waals surface area (Å²) in [6.45, 7) is 1.71. The molecule has 0 radical (unpaired) electrons. The molecule has 6 nitrogen and oxygen atoms in total. The Bertz CT molecular complexity index is 1530. The van der Waals surface area contributed by atoms with Crippen molar-refractivity contribution in [3.05, 3.63) is 97.8 Å². The summed E-state index contributed by atoms with van der Waals surface area (Å²) >= 11 is 18.2. The maximum Gasteiger partial charge on any atom is 0.356 e. The minimum absolute atomic E-state index is 0.0248. The Morgan fingerprint density at radius 2 is 1.58 bits per heavy atom. The summed E-state index contributed by atoms with van der Waals surface area (Å²) < 4.78 is 6.89. The summed E-state index contributed by atoms with van der Waals surface area (Å²) in [5.74, 6) is -1.37. The summed E-state index contributed by atoms with van der Waals surface area (Å²) in [4.78, 5) is 39.6. The van der Waals surface area contributed by atoms with Gasteiger partial charge >= 0.3 is 5.97 Å². The first-order valence-corrected chi connectivity index (χ1v) is 12.2. The smallest absolute Gasteiger partial charge is 0.356 e. The Morgan fingerprint density at radius 3 is 2.22 bits per heavy atom. The largest absolute Gasteiger partial charge is 0.448 e. The molecule has 0 bridgehead atoms. The Kier molecular flexibility index (Phi) is 7.69. The van der Waals surface area contributed by atoms with Crippen molar-refractivity contribution >= 4 is 63.1 Å². The van der Waals surface area contributed by atoms with Crippen LogP contribution in [0.2, 0.25) is 15.1 Å². The van der Waals surface area contributed by atoms with Gasteiger partial charge in [0.2, 0.25) is 0 Å². The highest BCUT2D eigenvalue weighted by atomic mass is 35.5. The molecule has 0 spiro atoms. The van der Waals surface area contributed by atoms with Crippen LogP contribution < -0.4 is 10.9 Å². The lowest BCUT2D eigenvalue weighted by Crippen LogP contribution is -2.34. The maximum absolute atomic E-state index is 13.5. The second-order valence-electron chi connectivity index (χ2n) is 8.06. The fourth-order valence-electron chi connectivity index (χ4n) is 3.92. The number of nitrogens with one attached hydrogen (secondary N) is 1. The van der Waals surface area contributed by atoms with E-state index in [1.165, 1.54) is 17.7 Å². The van der Waals surface area contributed by atoms with E-state index in [0.29, 0.717) is 37.6 Å². The van der Waals surface area contributed by atoms with Crippen LogP contribution in [0.5, 0.6) is 0 Å². The highest BCUT2D eigenvalue weighted by Crippen LogP contribution is 2.32. The molecule has 0 aliphatic carbocycles. The fourth-order valence-corrected chi connectivity index (χ4v) is 4.51. The van der Waals surface area contributed by atoms with Gasteiger partial charge in [0.05, 0.1) is 10.7 Å². The van der Waals surface area contributed by atoms with Gasteiger partial charge in [0.25, 0.3) is 11.5 Å². The number of aromatic nitrogens is 1. The highest BCUT2D eigenvalue weighted by Gasteiger charge is 2.28. The van der Waals surface area contributed by atoms with Gasteiger partial charge in [-0.3, -0.25) is 9.59 Å². The molecule has 1 atom stereocenters. The molecule has 184 valence electrons. The summed E-state index contributed by atoms with van der Waals surface area (Å²) in [6.07, 6.45) is -0.940. The van der Waals surface area contributed by atoms with Crippen molar-refractivity contribution in [3.8, 4) is 11.1 Å². The van der Waals surface area contributed by atoms with Crippen molar-refractivity contribution in [1.82, 2.24) is 4.57 Å². The number of carbonyl (C=O) groups excluding carboxylic acids is 2. The molecule has 4 aromatic rings. The predicted octanol–water partition coefficient (Wildman–Crippen LogP) is 6.74. The number of fused-ring (bicyclic) bond motifs is 1. The van der Waals surface area contributed by atoms with Crippen molar-refractivity contribution in [1.29, 1.82) is 0 Å². The van der Waals surface area contributed by atoms with E-state index < -0.39 is 18.0 Å². The lowest BCUT2D eigenvalue weighted by Gasteiger charge is -2.20. The summed E-state index contributed by atoms with van der Waals surface area (Å²) in [5.41, 5.74) is 1.17. The van der Waals surface area contributed by atoms with Gasteiger partial charge in [-0.15, -0.1) is 0 Å². The first-order valence-electron chi connectivity index (χ1n) is 11.1. The predicted molar refractivity (Wildman–Crippen MR) is 144 cm³/mol. The first-order chi connectivity index (χ1) is 17.2. The van der Waals surface area contributed by atoms with Gasteiger partial charge in [0, 0.05) is 28.0 Å². The maximum atomic E-state index is 13.5. The minimum atomic E-state index is -1.14. The van der Waals surface area contributed by atoms with Crippen molar-refractivity contribution in [3.63, 3.8) is 0 Å². The van der Waals surface area contributed by atoms with Crippen LogP contribution in [0.25, 0.3) is 21.9 Å². The van der Waals surface area contributed by atoms with Crippen LogP contribution in [0, 0.1) is 0 Å². The molecular weight excluding hydrogens is 523 g/mol. The number of hydrogen-bond acceptors (Lipinski definition) is 4. The molecule has 0 saturated heterocycles. The number of carbonyl (C=O) groups is 2. The molecule has 9 heteroatoms. The van der Waals surface area contributed by atoms with E-state index in [9.17, 15) is 14.4 Å². The van der Waals surface area contributed by atoms with Crippen LogP contribution in [0.1, 0.15) is 23.8 Å². The van der Waals surface area contributed by atoms with Gasteiger partial charge in [-0.25, -0.2) is 4.79 Å². The Balaban J connectivity index is 1.75. The Morgan fingerprint density at radius 1 is 0.944 bits per heavy atom. The normalized spacial score (nSPS) is 11.8. The van der Waals surface area contributed by atoms with Gasteiger partial charge in [0.1, 0.15) is 5.69 Å². The lowest BCUT2D eigenvalue weighted by atomic mass is 9.96. The third kappa shape index (κ3) is 5.12. The standard InChI is InChI=1S/C27H21Cl3N2O4/c1-3-22(25(33)31-21-13-12-17(29)14-20(21)30)36-27(35)24-23(15-8-10-16(28)11-9-15)18-6-4-5-7-19(18)26(34)32(24)2/h4-14,22H,3H2,1-2H3,(H,31,33). The van der Waals surface area contributed by atoms with E-state index >= 15 is 0 Å². The number of ether oxygens (including phenoxy) is 1. The number of esters is 1. The van der Waals surface area contributed by atoms with Crippen LogP contribution >= 0.6 is 34.8 Å². The second-order valence-corrected chi connectivity index (χ2v) is 9.34. The zero-order valence-corrected chi connectivity index (χ0v) is 21.6. The molecular formula is C27H21Cl3N2O4. The van der Waals surface area contributed by atoms with Gasteiger partial charge in [-0.1, -0.05) is 72.1 Å². The molecule has 0 aliphatic heterocycles. The number of nitrogens with zero attached hydrogens (tertiary/aromatic N) is 1. The second kappa shape index (κ2) is 10.7. The number of hydrogen-bond donors (Lipinski definition) is 1. The SMILES string of the molecule is CCC(OC(=O)c1c(-c2ccc(Cl)cc2)c2ccccc2c(=O)n1C)C(=O)Nc1ccc(Cl)cc1Cl. The van der Waals surface area contributed by atoms with Gasteiger partial charge in [-0.2, -0.15) is 0 Å². The average Bonchev–Trinajstić information content (AvgIpc) is 2.86. The summed E-state index contributed by atoms with van der Waals surface area (Å²) in [5, 5.41) is 4.89. The molecule has 0 saturated carbocycles. The molecule has 1 unspecified atom stereocenters. The molecule has 1 N–H and O–H groups in total. The third-order valence-corrected chi connectivity index (χ3v) is 6.53. The number of halogens is 3. The van der Waals surface area contributed by atoms with Crippen molar-refractivity contribution in [2.24, 2.45) is 7.05 Å². The molecule has 1 amide bonds. The fraction of sp³-hybridized carbons (Fsp3) is 0.148. The average molecular weight is 544 g/mol. The molecule has 36 heavy (non-hydrogen) atoms. The van der Waals surface area contributed by atoms with E-state index in [2.05, 4.69) is 5.32 Å². The van der Waals surface area contributed by atoms with Crippen molar-refractivity contribution in [2.45, 2.75) is 19.4 Å². The molecule has 0 fully saturated rings. The van der Waals surface area contributed by atoms with Crippen molar-refractivity contribution < 1.29 is 14.3 Å². The molecule has 1 aromatic heterocycles. The lowest BCUT2D eigenvalue weighted by molar-refractivity contribution is -0.124.